The monoisotopic (exact) mass is 314 g/mol. The van der Waals surface area contributed by atoms with Crippen molar-refractivity contribution in [3.63, 3.8) is 0 Å². The maximum Gasteiger partial charge on any atom is 0.261 e. The molecule has 4 heteroatoms. The lowest BCUT2D eigenvalue weighted by atomic mass is 9.86. The molecule has 22 heavy (non-hydrogen) atoms. The Morgan fingerprint density at radius 2 is 1.82 bits per heavy atom. The first kappa shape index (κ1) is 15.3. The number of carbonyl (C=O) groups is 1. The summed E-state index contributed by atoms with van der Waals surface area (Å²) < 4.78 is 0. The quantitative estimate of drug-likeness (QED) is 0.905. The normalized spacial score (nSPS) is 21.5. The maximum atomic E-state index is 12.3. The van der Waals surface area contributed by atoms with Crippen molar-refractivity contribution in [2.45, 2.75) is 31.7 Å². The summed E-state index contributed by atoms with van der Waals surface area (Å²) in [5.41, 5.74) is 7.08. The molecule has 0 bridgehead atoms. The summed E-state index contributed by atoms with van der Waals surface area (Å²) in [6.07, 6.45) is 4.41. The van der Waals surface area contributed by atoms with Crippen LogP contribution >= 0.6 is 11.3 Å². The number of hydrogen-bond donors (Lipinski definition) is 2. The Morgan fingerprint density at radius 3 is 2.55 bits per heavy atom. The molecule has 0 spiro atoms. The standard InChI is InChI=1S/C18H22N2OS/c19-15-8-6-13(7-9-15)12-20-18(21)17-11-10-16(22-17)14-4-2-1-3-5-14/h1-5,10-11,13,15H,6-9,12,19H2,(H,20,21). The van der Waals surface area contributed by atoms with Gasteiger partial charge >= 0.3 is 0 Å². The number of benzene rings is 1. The molecule has 3 N–H and O–H groups in total. The lowest BCUT2D eigenvalue weighted by Gasteiger charge is -2.25. The molecule has 0 unspecified atom stereocenters. The zero-order valence-electron chi connectivity index (χ0n) is 12.6. The molecule has 1 aromatic heterocycles. The lowest BCUT2D eigenvalue weighted by Crippen LogP contribution is -2.34. The van der Waals surface area contributed by atoms with Crippen LogP contribution in [0.25, 0.3) is 10.4 Å². The molecule has 0 radical (unpaired) electrons. The Balaban J connectivity index is 1.56. The third-order valence-corrected chi connectivity index (χ3v) is 5.46. The van der Waals surface area contributed by atoms with E-state index in [1.807, 2.05) is 30.3 Å². The third kappa shape index (κ3) is 3.76. The second-order valence-electron chi connectivity index (χ2n) is 6.02. The molecule has 1 aromatic carbocycles. The van der Waals surface area contributed by atoms with Gasteiger partial charge in [-0.3, -0.25) is 4.79 Å². The number of rotatable bonds is 4. The molecule has 116 valence electrons. The number of nitrogens with two attached hydrogens (primary N) is 1. The van der Waals surface area contributed by atoms with Gasteiger partial charge in [-0.15, -0.1) is 11.3 Å². The van der Waals surface area contributed by atoms with E-state index in [-0.39, 0.29) is 5.91 Å². The third-order valence-electron chi connectivity index (χ3n) is 4.33. The highest BCUT2D eigenvalue weighted by Gasteiger charge is 2.19. The lowest BCUT2D eigenvalue weighted by molar-refractivity contribution is 0.0947. The zero-order valence-corrected chi connectivity index (χ0v) is 13.4. The average Bonchev–Trinajstić information content (AvgIpc) is 3.05. The Morgan fingerprint density at radius 1 is 1.09 bits per heavy atom. The first-order chi connectivity index (χ1) is 10.7. The van der Waals surface area contributed by atoms with Gasteiger partial charge in [0.15, 0.2) is 0 Å². The van der Waals surface area contributed by atoms with E-state index in [0.717, 1.165) is 47.5 Å². The van der Waals surface area contributed by atoms with Crippen molar-refractivity contribution in [2.24, 2.45) is 11.7 Å². The van der Waals surface area contributed by atoms with E-state index in [9.17, 15) is 4.79 Å². The predicted octanol–water partition coefficient (Wildman–Crippen LogP) is 3.66. The molecule has 1 aliphatic carbocycles. The Labute approximate surface area is 135 Å². The van der Waals surface area contributed by atoms with Crippen LogP contribution in [0.3, 0.4) is 0 Å². The minimum absolute atomic E-state index is 0.0436. The molecule has 0 aliphatic heterocycles. The highest BCUT2D eigenvalue weighted by molar-refractivity contribution is 7.17. The maximum absolute atomic E-state index is 12.3. The second kappa shape index (κ2) is 7.07. The summed E-state index contributed by atoms with van der Waals surface area (Å²) in [6, 6.07) is 14.5. The summed E-state index contributed by atoms with van der Waals surface area (Å²) in [5.74, 6) is 0.624. The molecule has 3 nitrogen and oxygen atoms in total. The molecule has 0 atom stereocenters. The van der Waals surface area contributed by atoms with E-state index in [4.69, 9.17) is 5.73 Å². The zero-order chi connectivity index (χ0) is 15.4. The number of thiophene rings is 1. The van der Waals surface area contributed by atoms with Gasteiger partial charge in [-0.25, -0.2) is 0 Å². The summed E-state index contributed by atoms with van der Waals surface area (Å²) in [6.45, 7) is 0.768. The Bertz CT molecular complexity index is 615. The van der Waals surface area contributed by atoms with E-state index < -0.39 is 0 Å². The van der Waals surface area contributed by atoms with Crippen molar-refractivity contribution in [1.29, 1.82) is 0 Å². The van der Waals surface area contributed by atoms with E-state index >= 15 is 0 Å². The van der Waals surface area contributed by atoms with Crippen LogP contribution in [0, 0.1) is 5.92 Å². The average molecular weight is 314 g/mol. The Kier molecular flexibility index (Phi) is 4.90. The molecular formula is C18H22N2OS. The summed E-state index contributed by atoms with van der Waals surface area (Å²) >= 11 is 1.55. The molecule has 3 rings (SSSR count). The van der Waals surface area contributed by atoms with Gasteiger partial charge in [0.25, 0.3) is 5.91 Å². The smallest absolute Gasteiger partial charge is 0.261 e. The molecule has 1 heterocycles. The van der Waals surface area contributed by atoms with Crippen molar-refractivity contribution in [2.75, 3.05) is 6.54 Å². The van der Waals surface area contributed by atoms with Gasteiger partial charge in [0.05, 0.1) is 4.88 Å². The second-order valence-corrected chi connectivity index (χ2v) is 7.10. The van der Waals surface area contributed by atoms with Gasteiger partial charge in [0, 0.05) is 17.5 Å². The van der Waals surface area contributed by atoms with Crippen LogP contribution in [0.2, 0.25) is 0 Å². The van der Waals surface area contributed by atoms with Gasteiger partial charge < -0.3 is 11.1 Å². The number of nitrogens with one attached hydrogen (secondary N) is 1. The van der Waals surface area contributed by atoms with Crippen LogP contribution in [0.15, 0.2) is 42.5 Å². The molecule has 1 saturated carbocycles. The highest BCUT2D eigenvalue weighted by Crippen LogP contribution is 2.28. The highest BCUT2D eigenvalue weighted by atomic mass is 32.1. The number of amides is 1. The molecule has 2 aromatic rings. The minimum Gasteiger partial charge on any atom is -0.351 e. The van der Waals surface area contributed by atoms with Gasteiger partial charge in [-0.05, 0) is 49.3 Å². The first-order valence-corrected chi connectivity index (χ1v) is 8.73. The Hall–Kier alpha value is -1.65. The van der Waals surface area contributed by atoms with Gasteiger partial charge in [-0.1, -0.05) is 30.3 Å². The van der Waals surface area contributed by atoms with Crippen LogP contribution in [-0.4, -0.2) is 18.5 Å². The van der Waals surface area contributed by atoms with Crippen LogP contribution < -0.4 is 11.1 Å². The van der Waals surface area contributed by atoms with Gasteiger partial charge in [0.2, 0.25) is 0 Å². The molecule has 1 fully saturated rings. The minimum atomic E-state index is 0.0436. The summed E-state index contributed by atoms with van der Waals surface area (Å²) in [5, 5.41) is 3.08. The van der Waals surface area contributed by atoms with Crippen LogP contribution in [0.5, 0.6) is 0 Å². The molecular weight excluding hydrogens is 292 g/mol. The summed E-state index contributed by atoms with van der Waals surface area (Å²) in [7, 11) is 0. The van der Waals surface area contributed by atoms with Gasteiger partial charge in [-0.2, -0.15) is 0 Å². The van der Waals surface area contributed by atoms with Crippen molar-refractivity contribution >= 4 is 17.2 Å². The largest absolute Gasteiger partial charge is 0.351 e. The van der Waals surface area contributed by atoms with Crippen molar-refractivity contribution in [3.8, 4) is 10.4 Å². The molecule has 0 saturated heterocycles. The number of hydrogen-bond acceptors (Lipinski definition) is 3. The van der Waals surface area contributed by atoms with Crippen molar-refractivity contribution in [1.82, 2.24) is 5.32 Å². The fourth-order valence-corrected chi connectivity index (χ4v) is 3.86. The van der Waals surface area contributed by atoms with E-state index in [1.165, 1.54) is 0 Å². The molecule has 1 aliphatic rings. The van der Waals surface area contributed by atoms with Crippen molar-refractivity contribution in [3.05, 3.63) is 47.3 Å². The van der Waals surface area contributed by atoms with Gasteiger partial charge in [0.1, 0.15) is 0 Å². The van der Waals surface area contributed by atoms with E-state index in [2.05, 4.69) is 17.4 Å². The van der Waals surface area contributed by atoms with E-state index in [1.54, 1.807) is 11.3 Å². The van der Waals surface area contributed by atoms with Crippen molar-refractivity contribution < 1.29 is 4.79 Å². The number of carbonyl (C=O) groups excluding carboxylic acids is 1. The predicted molar refractivity (Wildman–Crippen MR) is 92.0 cm³/mol. The fourth-order valence-electron chi connectivity index (χ4n) is 2.93. The SMILES string of the molecule is NC1CCC(CNC(=O)c2ccc(-c3ccccc3)s2)CC1. The first-order valence-electron chi connectivity index (χ1n) is 7.91. The van der Waals surface area contributed by atoms with Crippen LogP contribution in [-0.2, 0) is 0 Å². The fraction of sp³-hybridized carbons (Fsp3) is 0.389. The topological polar surface area (TPSA) is 55.1 Å². The summed E-state index contributed by atoms with van der Waals surface area (Å²) in [4.78, 5) is 14.2. The van der Waals surface area contributed by atoms with Crippen LogP contribution in [0.4, 0.5) is 0 Å². The van der Waals surface area contributed by atoms with E-state index in [0.29, 0.717) is 12.0 Å². The van der Waals surface area contributed by atoms with Crippen LogP contribution in [0.1, 0.15) is 35.4 Å². The molecule has 1 amide bonds.